The standard InChI is InChI=1S/C20H20FN3O2/c1-12-13(2)23-18-10-15(6-7-17(18)22-12)20(25)24(3)11-14-5-8-19(26-4)16(21)9-14/h5-10H,11H2,1-4H3. The Morgan fingerprint density at radius 2 is 1.77 bits per heavy atom. The summed E-state index contributed by atoms with van der Waals surface area (Å²) in [6.07, 6.45) is 0. The molecule has 5 nitrogen and oxygen atoms in total. The summed E-state index contributed by atoms with van der Waals surface area (Å²) in [6.45, 7) is 4.08. The molecule has 0 aliphatic heterocycles. The van der Waals surface area contributed by atoms with Gasteiger partial charge < -0.3 is 9.64 Å². The quantitative estimate of drug-likeness (QED) is 0.718. The van der Waals surface area contributed by atoms with Gasteiger partial charge in [-0.1, -0.05) is 6.07 Å². The van der Waals surface area contributed by atoms with E-state index in [-0.39, 0.29) is 18.2 Å². The molecule has 0 saturated carbocycles. The van der Waals surface area contributed by atoms with Crippen LogP contribution in [0.2, 0.25) is 0 Å². The van der Waals surface area contributed by atoms with Crippen LogP contribution in [0.25, 0.3) is 11.0 Å². The molecular weight excluding hydrogens is 333 g/mol. The molecule has 0 N–H and O–H groups in total. The van der Waals surface area contributed by atoms with Gasteiger partial charge in [0.15, 0.2) is 11.6 Å². The lowest BCUT2D eigenvalue weighted by Crippen LogP contribution is -2.26. The average Bonchev–Trinajstić information content (AvgIpc) is 2.62. The molecule has 0 spiro atoms. The Balaban J connectivity index is 1.82. The van der Waals surface area contributed by atoms with E-state index in [2.05, 4.69) is 9.97 Å². The van der Waals surface area contributed by atoms with E-state index >= 15 is 0 Å². The number of carbonyl (C=O) groups is 1. The second-order valence-corrected chi connectivity index (χ2v) is 6.23. The van der Waals surface area contributed by atoms with E-state index in [9.17, 15) is 9.18 Å². The lowest BCUT2D eigenvalue weighted by atomic mass is 10.1. The molecule has 1 aromatic heterocycles. The molecule has 3 rings (SSSR count). The van der Waals surface area contributed by atoms with Gasteiger partial charge in [-0.3, -0.25) is 4.79 Å². The molecule has 1 amide bonds. The summed E-state index contributed by atoms with van der Waals surface area (Å²) in [5, 5.41) is 0. The number of benzene rings is 2. The third-order valence-electron chi connectivity index (χ3n) is 4.30. The number of aryl methyl sites for hydroxylation is 2. The number of hydrogen-bond acceptors (Lipinski definition) is 4. The Morgan fingerprint density at radius 1 is 1.08 bits per heavy atom. The first-order valence-electron chi connectivity index (χ1n) is 8.22. The van der Waals surface area contributed by atoms with Crippen molar-refractivity contribution in [2.45, 2.75) is 20.4 Å². The maximum absolute atomic E-state index is 13.8. The Bertz CT molecular complexity index is 988. The minimum Gasteiger partial charge on any atom is -0.494 e. The molecule has 0 atom stereocenters. The first-order chi connectivity index (χ1) is 12.4. The van der Waals surface area contributed by atoms with Crippen molar-refractivity contribution in [2.75, 3.05) is 14.2 Å². The smallest absolute Gasteiger partial charge is 0.253 e. The van der Waals surface area contributed by atoms with Crippen molar-refractivity contribution in [3.8, 4) is 5.75 Å². The summed E-state index contributed by atoms with van der Waals surface area (Å²) in [4.78, 5) is 23.2. The number of fused-ring (bicyclic) bond motifs is 1. The Morgan fingerprint density at radius 3 is 2.42 bits per heavy atom. The highest BCUT2D eigenvalue weighted by Gasteiger charge is 2.14. The van der Waals surface area contributed by atoms with Gasteiger partial charge in [-0.05, 0) is 49.7 Å². The molecule has 3 aromatic rings. The predicted octanol–water partition coefficient (Wildman–Crippen LogP) is 3.67. The molecule has 134 valence electrons. The molecule has 0 aliphatic carbocycles. The minimum atomic E-state index is -0.447. The molecule has 1 heterocycles. The Kier molecular flexibility index (Phi) is 4.84. The fraction of sp³-hybridized carbons (Fsp3) is 0.250. The van der Waals surface area contributed by atoms with Gasteiger partial charge in [-0.2, -0.15) is 0 Å². The number of hydrogen-bond donors (Lipinski definition) is 0. The third kappa shape index (κ3) is 3.49. The van der Waals surface area contributed by atoms with E-state index in [1.165, 1.54) is 18.1 Å². The normalized spacial score (nSPS) is 10.8. The van der Waals surface area contributed by atoms with Gasteiger partial charge in [0, 0.05) is 19.2 Å². The number of carbonyl (C=O) groups excluding carboxylic acids is 1. The Hall–Kier alpha value is -3.02. The molecule has 0 unspecified atom stereocenters. The van der Waals surface area contributed by atoms with Crippen LogP contribution in [0.5, 0.6) is 5.75 Å². The van der Waals surface area contributed by atoms with Crippen molar-refractivity contribution < 1.29 is 13.9 Å². The summed E-state index contributed by atoms with van der Waals surface area (Å²) in [5.74, 6) is -0.428. The highest BCUT2D eigenvalue weighted by atomic mass is 19.1. The zero-order chi connectivity index (χ0) is 18.8. The van der Waals surface area contributed by atoms with Crippen LogP contribution in [-0.2, 0) is 6.54 Å². The molecule has 0 radical (unpaired) electrons. The molecule has 0 bridgehead atoms. The number of amides is 1. The van der Waals surface area contributed by atoms with Crippen molar-refractivity contribution in [2.24, 2.45) is 0 Å². The van der Waals surface area contributed by atoms with E-state index in [0.717, 1.165) is 16.9 Å². The van der Waals surface area contributed by atoms with Crippen LogP contribution in [0.1, 0.15) is 27.3 Å². The van der Waals surface area contributed by atoms with Crippen molar-refractivity contribution in [1.29, 1.82) is 0 Å². The van der Waals surface area contributed by atoms with E-state index < -0.39 is 5.82 Å². The Labute approximate surface area is 151 Å². The zero-order valence-electron chi connectivity index (χ0n) is 15.2. The van der Waals surface area contributed by atoms with E-state index in [1.807, 2.05) is 13.8 Å². The first kappa shape index (κ1) is 17.8. The number of nitrogens with zero attached hydrogens (tertiary/aromatic N) is 3. The molecule has 0 saturated heterocycles. The lowest BCUT2D eigenvalue weighted by Gasteiger charge is -2.18. The van der Waals surface area contributed by atoms with Gasteiger partial charge in [0.2, 0.25) is 0 Å². The number of halogens is 1. The van der Waals surface area contributed by atoms with Crippen molar-refractivity contribution >= 4 is 16.9 Å². The summed E-state index contributed by atoms with van der Waals surface area (Å²) in [5.41, 5.74) is 4.35. The van der Waals surface area contributed by atoms with Crippen LogP contribution in [0, 0.1) is 19.7 Å². The fourth-order valence-corrected chi connectivity index (χ4v) is 2.74. The highest BCUT2D eigenvalue weighted by Crippen LogP contribution is 2.20. The van der Waals surface area contributed by atoms with Crippen LogP contribution in [0.15, 0.2) is 36.4 Å². The minimum absolute atomic E-state index is 0.164. The average molecular weight is 353 g/mol. The predicted molar refractivity (Wildman–Crippen MR) is 97.8 cm³/mol. The molecule has 2 aromatic carbocycles. The molecular formula is C20H20FN3O2. The molecule has 26 heavy (non-hydrogen) atoms. The summed E-state index contributed by atoms with van der Waals surface area (Å²) < 4.78 is 18.7. The lowest BCUT2D eigenvalue weighted by molar-refractivity contribution is 0.0785. The maximum Gasteiger partial charge on any atom is 0.253 e. The zero-order valence-corrected chi connectivity index (χ0v) is 15.2. The van der Waals surface area contributed by atoms with Crippen molar-refractivity contribution in [3.63, 3.8) is 0 Å². The van der Waals surface area contributed by atoms with Gasteiger partial charge in [0.05, 0.1) is 29.5 Å². The fourth-order valence-electron chi connectivity index (χ4n) is 2.74. The van der Waals surface area contributed by atoms with Gasteiger partial charge in [-0.15, -0.1) is 0 Å². The number of rotatable bonds is 4. The van der Waals surface area contributed by atoms with Crippen LogP contribution >= 0.6 is 0 Å². The molecule has 0 aliphatic rings. The summed E-state index contributed by atoms with van der Waals surface area (Å²) >= 11 is 0. The second-order valence-electron chi connectivity index (χ2n) is 6.23. The number of ether oxygens (including phenoxy) is 1. The van der Waals surface area contributed by atoms with Crippen LogP contribution < -0.4 is 4.74 Å². The van der Waals surface area contributed by atoms with Gasteiger partial charge in [0.1, 0.15) is 0 Å². The summed E-state index contributed by atoms with van der Waals surface area (Å²) in [6, 6.07) is 9.94. The largest absolute Gasteiger partial charge is 0.494 e. The first-order valence-corrected chi connectivity index (χ1v) is 8.22. The topological polar surface area (TPSA) is 55.3 Å². The van der Waals surface area contributed by atoms with Gasteiger partial charge in [0.25, 0.3) is 5.91 Å². The highest BCUT2D eigenvalue weighted by molar-refractivity contribution is 5.97. The van der Waals surface area contributed by atoms with Crippen molar-refractivity contribution in [1.82, 2.24) is 14.9 Å². The number of methoxy groups -OCH3 is 1. The van der Waals surface area contributed by atoms with Gasteiger partial charge >= 0.3 is 0 Å². The van der Waals surface area contributed by atoms with E-state index in [4.69, 9.17) is 4.74 Å². The van der Waals surface area contributed by atoms with Crippen molar-refractivity contribution in [3.05, 3.63) is 64.7 Å². The van der Waals surface area contributed by atoms with Crippen LogP contribution in [-0.4, -0.2) is 34.9 Å². The number of aromatic nitrogens is 2. The van der Waals surface area contributed by atoms with E-state index in [1.54, 1.807) is 37.4 Å². The van der Waals surface area contributed by atoms with E-state index in [0.29, 0.717) is 16.6 Å². The molecule has 0 fully saturated rings. The third-order valence-corrected chi connectivity index (χ3v) is 4.30. The molecule has 6 heteroatoms. The second kappa shape index (κ2) is 7.07. The maximum atomic E-state index is 13.8. The van der Waals surface area contributed by atoms with Crippen LogP contribution in [0.3, 0.4) is 0 Å². The van der Waals surface area contributed by atoms with Crippen LogP contribution in [0.4, 0.5) is 4.39 Å². The monoisotopic (exact) mass is 353 g/mol. The SMILES string of the molecule is COc1ccc(CN(C)C(=O)c2ccc3nc(C)c(C)nc3c2)cc1F. The summed E-state index contributed by atoms with van der Waals surface area (Å²) in [7, 11) is 3.10. The van der Waals surface area contributed by atoms with Gasteiger partial charge in [-0.25, -0.2) is 14.4 Å².